The number of nitrogens with one attached hydrogen (secondary N) is 1. The molecule has 0 aliphatic heterocycles. The van der Waals surface area contributed by atoms with Gasteiger partial charge in [-0.2, -0.15) is 0 Å². The van der Waals surface area contributed by atoms with E-state index < -0.39 is 0 Å². The number of unbranched alkanes of at least 4 members (excludes halogenated alkanes) is 1. The molecular formula is C14H16ClN3OS. The lowest BCUT2D eigenvalue weighted by Gasteiger charge is -2.06. The predicted molar refractivity (Wildman–Crippen MR) is 81.4 cm³/mol. The van der Waals surface area contributed by atoms with Crippen LogP contribution in [0.25, 0.3) is 0 Å². The van der Waals surface area contributed by atoms with Gasteiger partial charge in [0.15, 0.2) is 0 Å². The highest BCUT2D eigenvalue weighted by molar-refractivity contribution is 7.16. The molecule has 0 bridgehead atoms. The lowest BCUT2D eigenvalue weighted by molar-refractivity contribution is 0.0951. The maximum atomic E-state index is 11.9. The minimum atomic E-state index is -0.109. The van der Waals surface area contributed by atoms with E-state index in [4.69, 9.17) is 11.6 Å². The summed E-state index contributed by atoms with van der Waals surface area (Å²) in [5.74, 6) is -0.109. The summed E-state index contributed by atoms with van der Waals surface area (Å²) >= 11 is 7.49. The molecule has 20 heavy (non-hydrogen) atoms. The number of carbonyl (C=O) groups is 1. The summed E-state index contributed by atoms with van der Waals surface area (Å²) < 4.78 is 0.827. The van der Waals surface area contributed by atoms with Crippen molar-refractivity contribution in [2.45, 2.75) is 26.2 Å². The molecule has 0 aromatic carbocycles. The van der Waals surface area contributed by atoms with Crippen LogP contribution < -0.4 is 5.32 Å². The molecule has 1 amide bonds. The van der Waals surface area contributed by atoms with Crippen LogP contribution in [0.3, 0.4) is 0 Å². The van der Waals surface area contributed by atoms with Gasteiger partial charge in [0.25, 0.3) is 5.91 Å². The number of amides is 1. The van der Waals surface area contributed by atoms with Gasteiger partial charge in [0.05, 0.1) is 15.6 Å². The SMILES string of the molecule is Cc1ncncc1C(=O)NCCCCc1ccc(Cl)s1. The first-order valence-electron chi connectivity index (χ1n) is 6.46. The number of hydrogen-bond acceptors (Lipinski definition) is 4. The minimum Gasteiger partial charge on any atom is -0.352 e. The van der Waals surface area contributed by atoms with Crippen LogP contribution in [-0.4, -0.2) is 22.4 Å². The van der Waals surface area contributed by atoms with Crippen molar-refractivity contribution in [3.05, 3.63) is 45.1 Å². The minimum absolute atomic E-state index is 0.109. The molecule has 106 valence electrons. The van der Waals surface area contributed by atoms with E-state index in [9.17, 15) is 4.79 Å². The number of aromatic nitrogens is 2. The van der Waals surface area contributed by atoms with E-state index in [2.05, 4.69) is 21.4 Å². The number of hydrogen-bond donors (Lipinski definition) is 1. The zero-order chi connectivity index (χ0) is 14.4. The van der Waals surface area contributed by atoms with E-state index in [0.29, 0.717) is 17.8 Å². The first-order valence-corrected chi connectivity index (χ1v) is 7.65. The third kappa shape index (κ3) is 4.28. The molecule has 0 saturated carbocycles. The second kappa shape index (κ2) is 7.36. The van der Waals surface area contributed by atoms with Gasteiger partial charge in [-0.15, -0.1) is 11.3 Å². The molecule has 0 unspecified atom stereocenters. The maximum Gasteiger partial charge on any atom is 0.254 e. The molecule has 2 aromatic rings. The zero-order valence-corrected chi connectivity index (χ0v) is 12.8. The van der Waals surface area contributed by atoms with E-state index in [1.54, 1.807) is 24.5 Å². The van der Waals surface area contributed by atoms with Crippen molar-refractivity contribution < 1.29 is 4.79 Å². The average Bonchev–Trinajstić information content (AvgIpc) is 2.84. The summed E-state index contributed by atoms with van der Waals surface area (Å²) in [6, 6.07) is 3.97. The first-order chi connectivity index (χ1) is 9.66. The third-order valence-electron chi connectivity index (χ3n) is 2.92. The van der Waals surface area contributed by atoms with E-state index >= 15 is 0 Å². The van der Waals surface area contributed by atoms with Crippen molar-refractivity contribution in [2.75, 3.05) is 6.54 Å². The van der Waals surface area contributed by atoms with Crippen molar-refractivity contribution in [3.8, 4) is 0 Å². The van der Waals surface area contributed by atoms with Gasteiger partial charge in [0.1, 0.15) is 6.33 Å². The number of halogens is 1. The van der Waals surface area contributed by atoms with Crippen molar-refractivity contribution in [2.24, 2.45) is 0 Å². The van der Waals surface area contributed by atoms with Crippen LogP contribution in [0.15, 0.2) is 24.7 Å². The highest BCUT2D eigenvalue weighted by Gasteiger charge is 2.08. The fourth-order valence-corrected chi connectivity index (χ4v) is 2.95. The van der Waals surface area contributed by atoms with Gasteiger partial charge in [0.2, 0.25) is 0 Å². The highest BCUT2D eigenvalue weighted by atomic mass is 35.5. The molecule has 0 radical (unpaired) electrons. The van der Waals surface area contributed by atoms with Crippen molar-refractivity contribution in [3.63, 3.8) is 0 Å². The summed E-state index contributed by atoms with van der Waals surface area (Å²) in [4.78, 5) is 21.1. The topological polar surface area (TPSA) is 54.9 Å². The average molecular weight is 310 g/mol. The molecule has 2 aromatic heterocycles. The lowest BCUT2D eigenvalue weighted by atomic mass is 10.2. The third-order valence-corrected chi connectivity index (χ3v) is 4.21. The second-order valence-corrected chi connectivity index (χ2v) is 6.24. The van der Waals surface area contributed by atoms with Crippen LogP contribution in [0, 0.1) is 6.92 Å². The Balaban J connectivity index is 1.68. The Morgan fingerprint density at radius 1 is 1.40 bits per heavy atom. The van der Waals surface area contributed by atoms with E-state index in [1.165, 1.54) is 11.2 Å². The Labute approximate surface area is 127 Å². The van der Waals surface area contributed by atoms with Gasteiger partial charge in [0, 0.05) is 17.6 Å². The normalized spacial score (nSPS) is 10.5. The zero-order valence-electron chi connectivity index (χ0n) is 11.2. The summed E-state index contributed by atoms with van der Waals surface area (Å²) in [6.45, 7) is 2.46. The predicted octanol–water partition coefficient (Wildman–Crippen LogP) is 3.25. The van der Waals surface area contributed by atoms with Gasteiger partial charge >= 0.3 is 0 Å². The Kier molecular flexibility index (Phi) is 5.49. The first kappa shape index (κ1) is 14.9. The monoisotopic (exact) mass is 309 g/mol. The van der Waals surface area contributed by atoms with Crippen molar-refractivity contribution in [1.82, 2.24) is 15.3 Å². The van der Waals surface area contributed by atoms with E-state index in [-0.39, 0.29) is 5.91 Å². The quantitative estimate of drug-likeness (QED) is 0.833. The summed E-state index contributed by atoms with van der Waals surface area (Å²) in [7, 11) is 0. The summed E-state index contributed by atoms with van der Waals surface area (Å²) in [5, 5.41) is 2.89. The molecule has 4 nitrogen and oxygen atoms in total. The standard InChI is InChI=1S/C14H16ClN3OS/c1-10-12(8-16-9-18-10)14(19)17-7-3-2-4-11-5-6-13(15)20-11/h5-6,8-9H,2-4,7H2,1H3,(H,17,19). The van der Waals surface area contributed by atoms with Crippen LogP contribution in [0.2, 0.25) is 4.34 Å². The summed E-state index contributed by atoms with van der Waals surface area (Å²) in [5.41, 5.74) is 1.24. The van der Waals surface area contributed by atoms with Gasteiger partial charge in [-0.3, -0.25) is 4.79 Å². The van der Waals surface area contributed by atoms with Crippen LogP contribution in [0.1, 0.15) is 33.8 Å². The fourth-order valence-electron chi connectivity index (χ4n) is 1.82. The molecule has 0 aliphatic rings. The van der Waals surface area contributed by atoms with Gasteiger partial charge in [-0.1, -0.05) is 11.6 Å². The molecular weight excluding hydrogens is 294 g/mol. The van der Waals surface area contributed by atoms with Crippen molar-refractivity contribution in [1.29, 1.82) is 0 Å². The summed E-state index contributed by atoms with van der Waals surface area (Å²) in [6.07, 6.45) is 5.96. The Bertz CT molecular complexity index is 585. The molecule has 0 atom stereocenters. The maximum absolute atomic E-state index is 11.9. The molecule has 2 heterocycles. The molecule has 0 spiro atoms. The Morgan fingerprint density at radius 3 is 2.95 bits per heavy atom. The largest absolute Gasteiger partial charge is 0.352 e. The highest BCUT2D eigenvalue weighted by Crippen LogP contribution is 2.22. The molecule has 0 aliphatic carbocycles. The number of carbonyl (C=O) groups excluding carboxylic acids is 1. The molecule has 6 heteroatoms. The fraction of sp³-hybridized carbons (Fsp3) is 0.357. The van der Waals surface area contributed by atoms with Crippen molar-refractivity contribution >= 4 is 28.8 Å². The molecule has 0 saturated heterocycles. The molecule has 2 rings (SSSR count). The van der Waals surface area contributed by atoms with Gasteiger partial charge < -0.3 is 5.32 Å². The smallest absolute Gasteiger partial charge is 0.254 e. The van der Waals surface area contributed by atoms with Gasteiger partial charge in [-0.05, 0) is 38.3 Å². The van der Waals surface area contributed by atoms with E-state index in [1.807, 2.05) is 6.07 Å². The Hall–Kier alpha value is -1.46. The van der Waals surface area contributed by atoms with Gasteiger partial charge in [-0.25, -0.2) is 9.97 Å². The van der Waals surface area contributed by atoms with Crippen LogP contribution in [0.4, 0.5) is 0 Å². The second-order valence-electron chi connectivity index (χ2n) is 4.44. The number of thiophene rings is 1. The number of nitrogens with zero attached hydrogens (tertiary/aromatic N) is 2. The molecule has 0 fully saturated rings. The van der Waals surface area contributed by atoms with Crippen LogP contribution >= 0.6 is 22.9 Å². The Morgan fingerprint density at radius 2 is 2.25 bits per heavy atom. The molecule has 1 N–H and O–H groups in total. The van der Waals surface area contributed by atoms with Crippen LogP contribution in [-0.2, 0) is 6.42 Å². The lowest BCUT2D eigenvalue weighted by Crippen LogP contribution is -2.25. The van der Waals surface area contributed by atoms with E-state index in [0.717, 1.165) is 23.6 Å². The van der Waals surface area contributed by atoms with Crippen LogP contribution in [0.5, 0.6) is 0 Å². The number of rotatable bonds is 6. The number of aryl methyl sites for hydroxylation is 2.